The van der Waals surface area contributed by atoms with Crippen LogP contribution in [0.4, 0.5) is 5.13 Å². The summed E-state index contributed by atoms with van der Waals surface area (Å²) >= 11 is 0.777. The first-order valence-corrected chi connectivity index (χ1v) is 9.16. The van der Waals surface area contributed by atoms with Gasteiger partial charge in [0.2, 0.25) is 19.3 Å². The summed E-state index contributed by atoms with van der Waals surface area (Å²) in [5.74, 6) is 0.446. The molecular formula is C13H15N3O5S2. The van der Waals surface area contributed by atoms with Gasteiger partial charge in [0.25, 0.3) is 5.91 Å². The van der Waals surface area contributed by atoms with Crippen molar-refractivity contribution in [1.82, 2.24) is 10.2 Å². The molecule has 1 unspecified atom stereocenters. The fraction of sp³-hybridized carbons (Fsp3) is 0.308. The molecule has 23 heavy (non-hydrogen) atoms. The second kappa shape index (κ2) is 6.92. The van der Waals surface area contributed by atoms with Crippen LogP contribution >= 0.6 is 11.3 Å². The molecule has 1 aromatic carbocycles. The van der Waals surface area contributed by atoms with Gasteiger partial charge >= 0.3 is 0 Å². The molecule has 0 fully saturated rings. The molecule has 1 amide bonds. The average Bonchev–Trinajstić information content (AvgIpc) is 2.96. The Balaban J connectivity index is 2.04. The predicted molar refractivity (Wildman–Crippen MR) is 84.7 cm³/mol. The molecule has 2 aromatic rings. The van der Waals surface area contributed by atoms with E-state index in [1.165, 1.54) is 7.11 Å². The molecule has 1 N–H and O–H groups in total. The third kappa shape index (κ3) is 4.39. The van der Waals surface area contributed by atoms with E-state index in [1.54, 1.807) is 31.2 Å². The highest BCUT2D eigenvalue weighted by Gasteiger charge is 2.20. The van der Waals surface area contributed by atoms with Crippen molar-refractivity contribution >= 4 is 32.2 Å². The maximum atomic E-state index is 12.1. The van der Waals surface area contributed by atoms with E-state index in [-0.39, 0.29) is 9.47 Å². The minimum absolute atomic E-state index is 0.0888. The Hall–Kier alpha value is -2.20. The van der Waals surface area contributed by atoms with Crippen molar-refractivity contribution in [2.24, 2.45) is 0 Å². The second-order valence-corrected chi connectivity index (χ2v) is 7.71. The van der Waals surface area contributed by atoms with Crippen molar-refractivity contribution in [1.29, 1.82) is 0 Å². The van der Waals surface area contributed by atoms with Crippen molar-refractivity contribution in [2.45, 2.75) is 17.4 Å². The first kappa shape index (κ1) is 17.2. The van der Waals surface area contributed by atoms with Crippen molar-refractivity contribution in [2.75, 3.05) is 18.7 Å². The number of carbonyl (C=O) groups is 1. The molecule has 1 atom stereocenters. The highest BCUT2D eigenvalue weighted by molar-refractivity contribution is 7.92. The summed E-state index contributed by atoms with van der Waals surface area (Å²) in [6.07, 6.45) is 0.184. The van der Waals surface area contributed by atoms with Gasteiger partial charge < -0.3 is 9.47 Å². The van der Waals surface area contributed by atoms with Crippen molar-refractivity contribution in [3.63, 3.8) is 0 Å². The highest BCUT2D eigenvalue weighted by atomic mass is 32.2. The smallest absolute Gasteiger partial charge is 0.266 e. The zero-order chi connectivity index (χ0) is 17.0. The van der Waals surface area contributed by atoms with Crippen LogP contribution in [-0.2, 0) is 14.6 Å². The standard InChI is InChI=1S/C13H15N3O5S2/c1-8(21-10-7-5-4-6-9(10)20-2)11(17)14-12-15-16-13(22-12)23(3,18)19/h4-8H,1-3H3,(H,14,15,17). The number of hydrogen-bond acceptors (Lipinski definition) is 8. The van der Waals surface area contributed by atoms with Gasteiger partial charge in [-0.05, 0) is 19.1 Å². The monoisotopic (exact) mass is 357 g/mol. The van der Waals surface area contributed by atoms with E-state index in [9.17, 15) is 13.2 Å². The van der Waals surface area contributed by atoms with E-state index in [1.807, 2.05) is 0 Å². The number of nitrogens with one attached hydrogen (secondary N) is 1. The van der Waals surface area contributed by atoms with Crippen LogP contribution in [0.25, 0.3) is 0 Å². The van der Waals surface area contributed by atoms with Gasteiger partial charge in [-0.25, -0.2) is 8.42 Å². The van der Waals surface area contributed by atoms with Gasteiger partial charge in [-0.2, -0.15) is 0 Å². The van der Waals surface area contributed by atoms with Gasteiger partial charge in [0, 0.05) is 6.26 Å². The Kier molecular flexibility index (Phi) is 5.16. The van der Waals surface area contributed by atoms with E-state index in [2.05, 4.69) is 15.5 Å². The Morgan fingerprint density at radius 1 is 1.26 bits per heavy atom. The van der Waals surface area contributed by atoms with E-state index >= 15 is 0 Å². The van der Waals surface area contributed by atoms with Gasteiger partial charge in [0.1, 0.15) is 0 Å². The lowest BCUT2D eigenvalue weighted by Crippen LogP contribution is -2.30. The number of sulfone groups is 1. The third-order valence-corrected chi connectivity index (χ3v) is 5.20. The molecule has 8 nitrogen and oxygen atoms in total. The minimum atomic E-state index is -3.45. The summed E-state index contributed by atoms with van der Waals surface area (Å²) in [5, 5.41) is 9.70. The van der Waals surface area contributed by atoms with Gasteiger partial charge in [0.15, 0.2) is 17.6 Å². The number of nitrogens with zero attached hydrogens (tertiary/aromatic N) is 2. The largest absolute Gasteiger partial charge is 0.493 e. The van der Waals surface area contributed by atoms with Crippen molar-refractivity contribution in [3.05, 3.63) is 24.3 Å². The molecule has 0 saturated carbocycles. The molecule has 0 aliphatic rings. The maximum absolute atomic E-state index is 12.1. The molecule has 1 heterocycles. The number of anilines is 1. The predicted octanol–water partition coefficient (Wildman–Crippen LogP) is 1.36. The van der Waals surface area contributed by atoms with Crippen molar-refractivity contribution in [3.8, 4) is 11.5 Å². The Morgan fingerprint density at radius 2 is 1.91 bits per heavy atom. The van der Waals surface area contributed by atoms with Crippen LogP contribution in [0.2, 0.25) is 0 Å². The lowest BCUT2D eigenvalue weighted by molar-refractivity contribution is -0.122. The second-order valence-electron chi connectivity index (χ2n) is 4.55. The first-order chi connectivity index (χ1) is 10.8. The van der Waals surface area contributed by atoms with Gasteiger partial charge in [0.05, 0.1) is 7.11 Å². The van der Waals surface area contributed by atoms with E-state index < -0.39 is 21.8 Å². The normalized spacial score (nSPS) is 12.5. The topological polar surface area (TPSA) is 107 Å². The van der Waals surface area contributed by atoms with Crippen LogP contribution in [0.15, 0.2) is 28.6 Å². The van der Waals surface area contributed by atoms with Crippen molar-refractivity contribution < 1.29 is 22.7 Å². The zero-order valence-electron chi connectivity index (χ0n) is 12.6. The summed E-state index contributed by atoms with van der Waals surface area (Å²) in [7, 11) is -1.95. The van der Waals surface area contributed by atoms with Crippen LogP contribution in [-0.4, -0.2) is 44.0 Å². The Morgan fingerprint density at radius 3 is 2.48 bits per heavy atom. The summed E-state index contributed by atoms with van der Waals surface area (Å²) in [4.78, 5) is 12.1. The molecule has 2 rings (SSSR count). The quantitative estimate of drug-likeness (QED) is 0.778. The lowest BCUT2D eigenvalue weighted by Gasteiger charge is -2.15. The summed E-state index contributed by atoms with van der Waals surface area (Å²) in [5.41, 5.74) is 0. The van der Waals surface area contributed by atoms with Crippen LogP contribution in [0.1, 0.15) is 6.92 Å². The zero-order valence-corrected chi connectivity index (χ0v) is 14.3. The van der Waals surface area contributed by atoms with Crippen LogP contribution < -0.4 is 14.8 Å². The number of rotatable bonds is 6. The molecular weight excluding hydrogens is 342 g/mol. The van der Waals surface area contributed by atoms with Crippen LogP contribution in [0.3, 0.4) is 0 Å². The summed E-state index contributed by atoms with van der Waals surface area (Å²) in [6.45, 7) is 1.56. The number of carbonyl (C=O) groups excluding carboxylic acids is 1. The molecule has 0 radical (unpaired) electrons. The summed E-state index contributed by atoms with van der Waals surface area (Å²) in [6, 6.07) is 6.93. The Bertz CT molecular complexity index is 803. The molecule has 10 heteroatoms. The van der Waals surface area contributed by atoms with Crippen LogP contribution in [0, 0.1) is 0 Å². The molecule has 0 aliphatic carbocycles. The number of benzene rings is 1. The fourth-order valence-corrected chi connectivity index (χ4v) is 3.09. The third-order valence-electron chi connectivity index (χ3n) is 2.70. The lowest BCUT2D eigenvalue weighted by atomic mass is 10.3. The minimum Gasteiger partial charge on any atom is -0.493 e. The molecule has 0 aliphatic heterocycles. The number of hydrogen-bond donors (Lipinski definition) is 1. The van der Waals surface area contributed by atoms with E-state index in [0.717, 1.165) is 17.6 Å². The van der Waals surface area contributed by atoms with Crippen LogP contribution in [0.5, 0.6) is 11.5 Å². The number of amides is 1. The fourth-order valence-electron chi connectivity index (χ4n) is 1.58. The van der Waals surface area contributed by atoms with E-state index in [4.69, 9.17) is 9.47 Å². The highest BCUT2D eigenvalue weighted by Crippen LogP contribution is 2.27. The number of methoxy groups -OCH3 is 1. The Labute approximate surface area is 137 Å². The first-order valence-electron chi connectivity index (χ1n) is 6.45. The molecule has 0 bridgehead atoms. The maximum Gasteiger partial charge on any atom is 0.266 e. The number of para-hydroxylation sites is 2. The number of aromatic nitrogens is 2. The molecule has 124 valence electrons. The molecule has 0 spiro atoms. The average molecular weight is 357 g/mol. The summed E-state index contributed by atoms with van der Waals surface area (Å²) < 4.78 is 33.2. The van der Waals surface area contributed by atoms with Gasteiger partial charge in [-0.15, -0.1) is 10.2 Å². The molecule has 1 aromatic heterocycles. The SMILES string of the molecule is COc1ccccc1OC(C)C(=O)Nc1nnc(S(C)(=O)=O)s1. The number of ether oxygens (including phenoxy) is 2. The van der Waals surface area contributed by atoms with Gasteiger partial charge in [-0.1, -0.05) is 23.5 Å². The molecule has 0 saturated heterocycles. The van der Waals surface area contributed by atoms with E-state index in [0.29, 0.717) is 11.5 Å². The van der Waals surface area contributed by atoms with Gasteiger partial charge in [-0.3, -0.25) is 10.1 Å².